The summed E-state index contributed by atoms with van der Waals surface area (Å²) in [6, 6.07) is 7.15. The number of rotatable bonds is 6. The number of nitrogens with two attached hydrogens (primary N) is 1. The topological polar surface area (TPSA) is 72.2 Å². The Bertz CT molecular complexity index is 440. The molecule has 0 aliphatic heterocycles. The first-order chi connectivity index (χ1) is 7.97. The molecule has 0 spiro atoms. The van der Waals surface area contributed by atoms with Gasteiger partial charge in [-0.2, -0.15) is 0 Å². The fourth-order valence-corrected chi connectivity index (χ4v) is 2.24. The molecule has 1 aromatic rings. The molecule has 0 aliphatic carbocycles. The zero-order chi connectivity index (χ0) is 12.9. The first-order valence-electron chi connectivity index (χ1n) is 5.74. The average molecular weight is 256 g/mol. The van der Waals surface area contributed by atoms with E-state index in [1.54, 1.807) is 24.3 Å². The molecule has 4 nitrogen and oxygen atoms in total. The Kier molecular flexibility index (Phi) is 4.96. The van der Waals surface area contributed by atoms with Gasteiger partial charge in [0.15, 0.2) is 9.84 Å². The molecule has 1 aromatic carbocycles. The van der Waals surface area contributed by atoms with Crippen molar-refractivity contribution in [3.8, 4) is 0 Å². The Balaban J connectivity index is 2.74. The second-order valence-electron chi connectivity index (χ2n) is 4.12. The molecule has 1 unspecified atom stereocenters. The molecule has 0 amide bonds. The molecule has 17 heavy (non-hydrogen) atoms. The van der Waals surface area contributed by atoms with Gasteiger partial charge in [-0.25, -0.2) is 8.42 Å². The summed E-state index contributed by atoms with van der Waals surface area (Å²) in [5.41, 5.74) is 6.45. The van der Waals surface area contributed by atoms with Crippen molar-refractivity contribution in [1.29, 1.82) is 0 Å². The number of sulfone groups is 1. The first-order valence-corrected chi connectivity index (χ1v) is 7.63. The third kappa shape index (κ3) is 4.36. The molecule has 96 valence electrons. The smallest absolute Gasteiger partial charge is 0.175 e. The molecular weight excluding hydrogens is 236 g/mol. The largest absolute Gasteiger partial charge is 0.382 e. The van der Waals surface area contributed by atoms with Crippen LogP contribution in [0.1, 0.15) is 19.8 Å². The fourth-order valence-electron chi connectivity index (χ4n) is 1.61. The van der Waals surface area contributed by atoms with Gasteiger partial charge < -0.3 is 11.1 Å². The summed E-state index contributed by atoms with van der Waals surface area (Å²) >= 11 is 0. The van der Waals surface area contributed by atoms with Crippen LogP contribution in [0.5, 0.6) is 0 Å². The molecule has 0 saturated heterocycles. The molecule has 0 radical (unpaired) electrons. The Morgan fingerprint density at radius 3 is 2.29 bits per heavy atom. The van der Waals surface area contributed by atoms with E-state index < -0.39 is 9.84 Å². The maximum atomic E-state index is 11.3. The molecule has 0 heterocycles. The Morgan fingerprint density at radius 2 is 1.88 bits per heavy atom. The number of benzene rings is 1. The number of hydrogen-bond donors (Lipinski definition) is 2. The van der Waals surface area contributed by atoms with Gasteiger partial charge in [-0.1, -0.05) is 6.92 Å². The van der Waals surface area contributed by atoms with Gasteiger partial charge in [-0.05, 0) is 43.7 Å². The molecule has 1 atom stereocenters. The van der Waals surface area contributed by atoms with Crippen LogP contribution >= 0.6 is 0 Å². The maximum Gasteiger partial charge on any atom is 0.175 e. The van der Waals surface area contributed by atoms with E-state index in [1.807, 2.05) is 0 Å². The van der Waals surface area contributed by atoms with Crippen molar-refractivity contribution in [2.24, 2.45) is 5.73 Å². The minimum Gasteiger partial charge on any atom is -0.382 e. The van der Waals surface area contributed by atoms with Crippen LogP contribution in [0.15, 0.2) is 29.2 Å². The maximum absolute atomic E-state index is 11.3. The summed E-state index contributed by atoms with van der Waals surface area (Å²) in [4.78, 5) is 0.343. The van der Waals surface area contributed by atoms with Gasteiger partial charge in [0.05, 0.1) is 4.90 Å². The van der Waals surface area contributed by atoms with Gasteiger partial charge in [0.1, 0.15) is 0 Å². The fraction of sp³-hybridized carbons (Fsp3) is 0.500. The minimum absolute atomic E-state index is 0.337. The lowest BCUT2D eigenvalue weighted by molar-refractivity contribution is 0.602. The summed E-state index contributed by atoms with van der Waals surface area (Å²) in [5.74, 6) is 0. The number of hydrogen-bond acceptors (Lipinski definition) is 4. The molecule has 5 heteroatoms. The van der Waals surface area contributed by atoms with Crippen LogP contribution in [0.3, 0.4) is 0 Å². The lowest BCUT2D eigenvalue weighted by atomic mass is 10.1. The Hall–Kier alpha value is -1.07. The van der Waals surface area contributed by atoms with Crippen molar-refractivity contribution >= 4 is 15.5 Å². The van der Waals surface area contributed by atoms with Gasteiger partial charge in [0.2, 0.25) is 0 Å². The van der Waals surface area contributed by atoms with Crippen LogP contribution < -0.4 is 11.1 Å². The summed E-state index contributed by atoms with van der Waals surface area (Å²) in [5, 5.41) is 3.33. The van der Waals surface area contributed by atoms with Crippen molar-refractivity contribution in [2.75, 3.05) is 18.1 Å². The van der Waals surface area contributed by atoms with E-state index in [2.05, 4.69) is 12.2 Å². The van der Waals surface area contributed by atoms with Gasteiger partial charge in [-0.3, -0.25) is 0 Å². The quantitative estimate of drug-likeness (QED) is 0.811. The highest BCUT2D eigenvalue weighted by Crippen LogP contribution is 2.15. The van der Waals surface area contributed by atoms with Crippen molar-refractivity contribution in [3.05, 3.63) is 24.3 Å². The summed E-state index contributed by atoms with van der Waals surface area (Å²) in [6.07, 6.45) is 3.11. The van der Waals surface area contributed by atoms with Crippen LogP contribution in [0.25, 0.3) is 0 Å². The molecule has 1 rings (SSSR count). The van der Waals surface area contributed by atoms with Crippen molar-refractivity contribution in [1.82, 2.24) is 0 Å². The van der Waals surface area contributed by atoms with Gasteiger partial charge in [0, 0.05) is 18.0 Å². The van der Waals surface area contributed by atoms with Crippen molar-refractivity contribution < 1.29 is 8.42 Å². The van der Waals surface area contributed by atoms with Gasteiger partial charge >= 0.3 is 0 Å². The average Bonchev–Trinajstić information content (AvgIpc) is 2.28. The van der Waals surface area contributed by atoms with Crippen LogP contribution in [-0.4, -0.2) is 27.3 Å². The van der Waals surface area contributed by atoms with E-state index in [4.69, 9.17) is 5.73 Å². The lowest BCUT2D eigenvalue weighted by Crippen LogP contribution is -2.22. The highest BCUT2D eigenvalue weighted by atomic mass is 32.2. The molecule has 0 bridgehead atoms. The van der Waals surface area contributed by atoms with Crippen molar-refractivity contribution in [2.45, 2.75) is 30.7 Å². The van der Waals surface area contributed by atoms with E-state index in [0.29, 0.717) is 17.5 Å². The Morgan fingerprint density at radius 1 is 1.29 bits per heavy atom. The molecule has 0 aromatic heterocycles. The lowest BCUT2D eigenvalue weighted by Gasteiger charge is -2.17. The summed E-state index contributed by atoms with van der Waals surface area (Å²) < 4.78 is 22.6. The second kappa shape index (κ2) is 6.02. The van der Waals surface area contributed by atoms with Gasteiger partial charge in [0.25, 0.3) is 0 Å². The van der Waals surface area contributed by atoms with Crippen LogP contribution in [0, 0.1) is 0 Å². The van der Waals surface area contributed by atoms with Crippen LogP contribution in [0.4, 0.5) is 5.69 Å². The van der Waals surface area contributed by atoms with E-state index in [-0.39, 0.29) is 0 Å². The number of anilines is 1. The van der Waals surface area contributed by atoms with Crippen LogP contribution in [0.2, 0.25) is 0 Å². The minimum atomic E-state index is -3.11. The second-order valence-corrected chi connectivity index (χ2v) is 6.14. The molecule has 0 saturated carbocycles. The van der Waals surface area contributed by atoms with E-state index in [1.165, 1.54) is 6.26 Å². The third-order valence-corrected chi connectivity index (χ3v) is 3.79. The SMILES string of the molecule is CCC(CCN)Nc1ccc(S(C)(=O)=O)cc1. The van der Waals surface area contributed by atoms with E-state index >= 15 is 0 Å². The zero-order valence-electron chi connectivity index (χ0n) is 10.3. The third-order valence-electron chi connectivity index (χ3n) is 2.66. The van der Waals surface area contributed by atoms with E-state index in [9.17, 15) is 8.42 Å². The molecular formula is C12H20N2O2S. The Labute approximate surface area is 103 Å². The summed E-state index contributed by atoms with van der Waals surface area (Å²) in [6.45, 7) is 2.74. The molecule has 0 aliphatic rings. The van der Waals surface area contributed by atoms with Crippen molar-refractivity contribution in [3.63, 3.8) is 0 Å². The number of nitrogens with one attached hydrogen (secondary N) is 1. The standard InChI is InChI=1S/C12H20N2O2S/c1-3-10(8-9-13)14-11-4-6-12(7-5-11)17(2,15)16/h4-7,10,14H,3,8-9,13H2,1-2H3. The zero-order valence-corrected chi connectivity index (χ0v) is 11.1. The predicted molar refractivity (Wildman–Crippen MR) is 70.9 cm³/mol. The highest BCUT2D eigenvalue weighted by molar-refractivity contribution is 7.90. The normalized spacial score (nSPS) is 13.4. The monoisotopic (exact) mass is 256 g/mol. The molecule has 0 fully saturated rings. The van der Waals surface area contributed by atoms with Crippen LogP contribution in [-0.2, 0) is 9.84 Å². The van der Waals surface area contributed by atoms with Gasteiger partial charge in [-0.15, -0.1) is 0 Å². The highest BCUT2D eigenvalue weighted by Gasteiger charge is 2.08. The molecule has 3 N–H and O–H groups in total. The predicted octanol–water partition coefficient (Wildman–Crippen LogP) is 1.63. The first kappa shape index (κ1) is 14.0. The summed E-state index contributed by atoms with van der Waals surface area (Å²) in [7, 11) is -3.11. The van der Waals surface area contributed by atoms with E-state index in [0.717, 1.165) is 18.5 Å².